The first-order valence-corrected chi connectivity index (χ1v) is 6.85. The summed E-state index contributed by atoms with van der Waals surface area (Å²) in [5.41, 5.74) is 10.8. The van der Waals surface area contributed by atoms with E-state index in [1.165, 1.54) is 0 Å². The zero-order valence-corrected chi connectivity index (χ0v) is 11.6. The highest BCUT2D eigenvalue weighted by atomic mass is 14.9. The standard InChI is InChI=1S/C18H17N3/c19-18-16(20-14-8-3-1-4-9-14)12-7-13-17(18)21-15-10-5-2-6-11-15/h1-13,20-21H,19H2. The first-order valence-electron chi connectivity index (χ1n) is 6.85. The Balaban J connectivity index is 1.85. The highest BCUT2D eigenvalue weighted by Gasteiger charge is 2.05. The van der Waals surface area contributed by atoms with Crippen molar-refractivity contribution in [2.24, 2.45) is 0 Å². The number of hydrogen-bond donors (Lipinski definition) is 3. The van der Waals surface area contributed by atoms with Gasteiger partial charge in [0.1, 0.15) is 0 Å². The van der Waals surface area contributed by atoms with Crippen LogP contribution in [0.1, 0.15) is 0 Å². The van der Waals surface area contributed by atoms with E-state index in [-0.39, 0.29) is 0 Å². The van der Waals surface area contributed by atoms with E-state index >= 15 is 0 Å². The molecule has 0 aliphatic carbocycles. The lowest BCUT2D eigenvalue weighted by Crippen LogP contribution is -2.00. The van der Waals surface area contributed by atoms with Gasteiger partial charge in [-0.1, -0.05) is 42.5 Å². The summed E-state index contributed by atoms with van der Waals surface area (Å²) in [6, 6.07) is 25.9. The molecule has 0 atom stereocenters. The number of benzene rings is 3. The van der Waals surface area contributed by atoms with E-state index in [2.05, 4.69) is 10.6 Å². The summed E-state index contributed by atoms with van der Waals surface area (Å²) in [4.78, 5) is 0. The van der Waals surface area contributed by atoms with Gasteiger partial charge < -0.3 is 16.4 Å². The fraction of sp³-hybridized carbons (Fsp3) is 0. The Morgan fingerprint density at radius 2 is 0.952 bits per heavy atom. The van der Waals surface area contributed by atoms with Gasteiger partial charge in [0.2, 0.25) is 0 Å². The molecule has 0 spiro atoms. The van der Waals surface area contributed by atoms with Crippen LogP contribution in [0.2, 0.25) is 0 Å². The molecule has 21 heavy (non-hydrogen) atoms. The molecule has 0 heterocycles. The van der Waals surface area contributed by atoms with E-state index in [4.69, 9.17) is 5.73 Å². The van der Waals surface area contributed by atoms with Gasteiger partial charge in [0.25, 0.3) is 0 Å². The number of para-hydroxylation sites is 3. The van der Waals surface area contributed by atoms with Crippen LogP contribution in [0.15, 0.2) is 78.9 Å². The molecule has 104 valence electrons. The van der Waals surface area contributed by atoms with Crippen molar-refractivity contribution in [2.75, 3.05) is 16.4 Å². The quantitative estimate of drug-likeness (QED) is 0.602. The zero-order valence-electron chi connectivity index (χ0n) is 11.6. The van der Waals surface area contributed by atoms with Crippen LogP contribution in [0.3, 0.4) is 0 Å². The topological polar surface area (TPSA) is 50.1 Å². The van der Waals surface area contributed by atoms with Crippen LogP contribution in [0.4, 0.5) is 28.4 Å². The van der Waals surface area contributed by atoms with Gasteiger partial charge in [-0.05, 0) is 36.4 Å². The number of anilines is 5. The average molecular weight is 275 g/mol. The van der Waals surface area contributed by atoms with Crippen molar-refractivity contribution in [3.8, 4) is 0 Å². The molecular weight excluding hydrogens is 258 g/mol. The second-order valence-corrected chi connectivity index (χ2v) is 4.75. The second kappa shape index (κ2) is 6.01. The summed E-state index contributed by atoms with van der Waals surface area (Å²) in [5, 5.41) is 6.67. The van der Waals surface area contributed by atoms with Gasteiger partial charge in [-0.15, -0.1) is 0 Å². The summed E-state index contributed by atoms with van der Waals surface area (Å²) in [5.74, 6) is 0. The largest absolute Gasteiger partial charge is 0.395 e. The van der Waals surface area contributed by atoms with Crippen molar-refractivity contribution in [2.45, 2.75) is 0 Å². The smallest absolute Gasteiger partial charge is 0.0792 e. The molecule has 4 N–H and O–H groups in total. The van der Waals surface area contributed by atoms with Gasteiger partial charge in [-0.2, -0.15) is 0 Å². The van der Waals surface area contributed by atoms with Gasteiger partial charge in [-0.25, -0.2) is 0 Å². The Hall–Kier alpha value is -2.94. The minimum atomic E-state index is 0.699. The molecule has 0 amide bonds. The van der Waals surface area contributed by atoms with E-state index < -0.39 is 0 Å². The van der Waals surface area contributed by atoms with E-state index in [0.717, 1.165) is 22.7 Å². The number of nitrogens with two attached hydrogens (primary N) is 1. The predicted molar refractivity (Wildman–Crippen MR) is 90.3 cm³/mol. The molecule has 0 saturated carbocycles. The molecule has 0 aliphatic heterocycles. The van der Waals surface area contributed by atoms with Gasteiger partial charge >= 0.3 is 0 Å². The summed E-state index contributed by atoms with van der Waals surface area (Å²) >= 11 is 0. The van der Waals surface area contributed by atoms with E-state index in [9.17, 15) is 0 Å². The summed E-state index contributed by atoms with van der Waals surface area (Å²) < 4.78 is 0. The zero-order chi connectivity index (χ0) is 14.5. The molecule has 0 aromatic heterocycles. The van der Waals surface area contributed by atoms with Gasteiger partial charge in [0.05, 0.1) is 17.1 Å². The monoisotopic (exact) mass is 275 g/mol. The van der Waals surface area contributed by atoms with Gasteiger partial charge in [0, 0.05) is 11.4 Å². The summed E-state index contributed by atoms with van der Waals surface area (Å²) in [6.07, 6.45) is 0. The molecule has 0 aliphatic rings. The second-order valence-electron chi connectivity index (χ2n) is 4.75. The first-order chi connectivity index (χ1) is 10.3. The van der Waals surface area contributed by atoms with Crippen LogP contribution in [0, 0.1) is 0 Å². The molecule has 0 radical (unpaired) electrons. The van der Waals surface area contributed by atoms with Crippen LogP contribution >= 0.6 is 0 Å². The highest BCUT2D eigenvalue weighted by Crippen LogP contribution is 2.31. The third-order valence-electron chi connectivity index (χ3n) is 3.21. The predicted octanol–water partition coefficient (Wildman–Crippen LogP) is 4.76. The highest BCUT2D eigenvalue weighted by molar-refractivity contribution is 5.85. The lowest BCUT2D eigenvalue weighted by molar-refractivity contribution is 1.51. The molecule has 0 unspecified atom stereocenters. The Bertz CT molecular complexity index is 649. The Morgan fingerprint density at radius 3 is 1.38 bits per heavy atom. The number of nitrogens with one attached hydrogen (secondary N) is 2. The molecule has 0 bridgehead atoms. The third-order valence-corrected chi connectivity index (χ3v) is 3.21. The molecular formula is C18H17N3. The minimum Gasteiger partial charge on any atom is -0.395 e. The molecule has 3 aromatic rings. The molecule has 3 aromatic carbocycles. The Labute approximate surface area is 124 Å². The van der Waals surface area contributed by atoms with E-state index in [1.54, 1.807) is 0 Å². The normalized spacial score (nSPS) is 10.1. The number of rotatable bonds is 4. The maximum atomic E-state index is 6.25. The SMILES string of the molecule is Nc1c(Nc2ccccc2)cccc1Nc1ccccc1. The van der Waals surface area contributed by atoms with Gasteiger partial charge in [0.15, 0.2) is 0 Å². The van der Waals surface area contributed by atoms with Crippen molar-refractivity contribution in [1.82, 2.24) is 0 Å². The maximum absolute atomic E-state index is 6.25. The molecule has 3 nitrogen and oxygen atoms in total. The summed E-state index contributed by atoms with van der Waals surface area (Å²) in [7, 11) is 0. The van der Waals surface area contributed by atoms with Crippen LogP contribution in [0.25, 0.3) is 0 Å². The lowest BCUT2D eigenvalue weighted by atomic mass is 10.2. The Kier molecular flexibility index (Phi) is 3.74. The van der Waals surface area contributed by atoms with Crippen molar-refractivity contribution >= 4 is 28.4 Å². The van der Waals surface area contributed by atoms with E-state index in [0.29, 0.717) is 5.69 Å². The van der Waals surface area contributed by atoms with Crippen molar-refractivity contribution in [3.63, 3.8) is 0 Å². The van der Waals surface area contributed by atoms with Crippen LogP contribution in [-0.4, -0.2) is 0 Å². The van der Waals surface area contributed by atoms with Gasteiger partial charge in [-0.3, -0.25) is 0 Å². The fourth-order valence-corrected chi connectivity index (χ4v) is 2.14. The third kappa shape index (κ3) is 3.15. The van der Waals surface area contributed by atoms with Crippen LogP contribution in [-0.2, 0) is 0 Å². The van der Waals surface area contributed by atoms with Crippen molar-refractivity contribution < 1.29 is 0 Å². The van der Waals surface area contributed by atoms with Crippen molar-refractivity contribution in [3.05, 3.63) is 78.9 Å². The molecule has 0 fully saturated rings. The Morgan fingerprint density at radius 1 is 0.524 bits per heavy atom. The first kappa shape index (κ1) is 13.1. The molecule has 3 rings (SSSR count). The van der Waals surface area contributed by atoms with E-state index in [1.807, 2.05) is 78.9 Å². The minimum absolute atomic E-state index is 0.699. The lowest BCUT2D eigenvalue weighted by Gasteiger charge is -2.14. The fourth-order valence-electron chi connectivity index (χ4n) is 2.14. The maximum Gasteiger partial charge on any atom is 0.0792 e. The number of nitrogen functional groups attached to an aromatic ring is 1. The molecule has 0 saturated heterocycles. The molecule has 3 heteroatoms. The van der Waals surface area contributed by atoms with Crippen molar-refractivity contribution in [1.29, 1.82) is 0 Å². The summed E-state index contributed by atoms with van der Waals surface area (Å²) in [6.45, 7) is 0. The van der Waals surface area contributed by atoms with Crippen LogP contribution < -0.4 is 16.4 Å². The van der Waals surface area contributed by atoms with Crippen LogP contribution in [0.5, 0.6) is 0 Å². The number of hydrogen-bond acceptors (Lipinski definition) is 3. The average Bonchev–Trinajstić information content (AvgIpc) is 2.53.